The van der Waals surface area contributed by atoms with Crippen LogP contribution in [-0.4, -0.2) is 21.0 Å². The maximum absolute atomic E-state index is 13.4. The van der Waals surface area contributed by atoms with Gasteiger partial charge in [0, 0.05) is 5.56 Å². The van der Waals surface area contributed by atoms with Crippen molar-refractivity contribution in [1.82, 2.24) is 15.0 Å². The number of benzene rings is 1. The largest absolute Gasteiger partial charge is 0.442 e. The number of nitrogens with two attached hydrogens (primary N) is 1. The molecule has 1 aromatic carbocycles. The van der Waals surface area contributed by atoms with Crippen molar-refractivity contribution in [2.45, 2.75) is 27.5 Å². The molecule has 0 atom stereocenters. The Morgan fingerprint density at radius 2 is 1.91 bits per heavy atom. The van der Waals surface area contributed by atoms with Crippen molar-refractivity contribution >= 4 is 11.7 Å². The Labute approximate surface area is 125 Å². The highest BCUT2D eigenvalue weighted by Gasteiger charge is 2.23. The van der Waals surface area contributed by atoms with Crippen LogP contribution in [0, 0.1) is 17.0 Å². The molecule has 8 heteroatoms. The van der Waals surface area contributed by atoms with E-state index >= 15 is 0 Å². The number of esters is 1. The van der Waals surface area contributed by atoms with Gasteiger partial charge in [-0.15, -0.1) is 5.10 Å². The zero-order valence-electron chi connectivity index (χ0n) is 12.4. The van der Waals surface area contributed by atoms with E-state index in [9.17, 15) is 13.6 Å². The number of rotatable bonds is 3. The van der Waals surface area contributed by atoms with E-state index in [1.165, 1.54) is 10.9 Å². The van der Waals surface area contributed by atoms with Gasteiger partial charge >= 0.3 is 5.97 Å². The van der Waals surface area contributed by atoms with E-state index in [1.54, 1.807) is 20.8 Å². The fraction of sp³-hybridized carbons (Fsp3) is 0.357. The molecule has 0 saturated heterocycles. The van der Waals surface area contributed by atoms with Crippen LogP contribution in [0.15, 0.2) is 18.3 Å². The number of ether oxygens (including phenoxy) is 1. The zero-order chi connectivity index (χ0) is 16.5. The zero-order valence-corrected chi connectivity index (χ0v) is 12.4. The Hall–Kier alpha value is -2.51. The van der Waals surface area contributed by atoms with Crippen LogP contribution in [0.3, 0.4) is 0 Å². The Kier molecular flexibility index (Phi) is 4.11. The number of carbonyl (C=O) groups excluding carboxylic acids is 1. The summed E-state index contributed by atoms with van der Waals surface area (Å²) in [5.41, 5.74) is 4.46. The van der Waals surface area contributed by atoms with Crippen molar-refractivity contribution in [2.75, 3.05) is 5.73 Å². The summed E-state index contributed by atoms with van der Waals surface area (Å²) in [4.78, 5) is 11.6. The van der Waals surface area contributed by atoms with E-state index in [0.717, 1.165) is 12.1 Å². The minimum absolute atomic E-state index is 0.136. The number of hydrogen-bond acceptors (Lipinski definition) is 5. The third kappa shape index (κ3) is 3.38. The molecule has 0 bridgehead atoms. The molecule has 2 N–H and O–H groups in total. The Morgan fingerprint density at radius 3 is 2.45 bits per heavy atom. The number of carbonyl (C=O) groups is 1. The van der Waals surface area contributed by atoms with Gasteiger partial charge in [0.15, 0.2) is 6.73 Å². The fourth-order valence-corrected chi connectivity index (χ4v) is 1.57. The first-order valence-electron chi connectivity index (χ1n) is 6.50. The molecule has 6 nitrogen and oxygen atoms in total. The lowest BCUT2D eigenvalue weighted by molar-refractivity contribution is -0.157. The average Bonchev–Trinajstić information content (AvgIpc) is 2.89. The van der Waals surface area contributed by atoms with Crippen LogP contribution in [0.1, 0.15) is 20.8 Å². The summed E-state index contributed by atoms with van der Waals surface area (Å²) in [6, 6.07) is 2.13. The molecule has 1 aromatic heterocycles. The molecule has 118 valence electrons. The maximum atomic E-state index is 13.4. The van der Waals surface area contributed by atoms with Crippen molar-refractivity contribution in [1.29, 1.82) is 0 Å². The smallest absolute Gasteiger partial charge is 0.313 e. The monoisotopic (exact) mass is 310 g/mol. The van der Waals surface area contributed by atoms with Crippen LogP contribution in [0.4, 0.5) is 14.5 Å². The number of nitrogens with zero attached hydrogens (tertiary/aromatic N) is 3. The SMILES string of the molecule is CC(C)(C)C(=O)OCn1cc(-c2cc(F)c(N)c(F)c2)nn1. The molecule has 0 spiro atoms. The first-order valence-corrected chi connectivity index (χ1v) is 6.50. The molecule has 0 aliphatic carbocycles. The minimum atomic E-state index is -0.872. The van der Waals surface area contributed by atoms with Gasteiger partial charge in [0.25, 0.3) is 0 Å². The van der Waals surface area contributed by atoms with E-state index in [4.69, 9.17) is 10.5 Å². The third-order valence-corrected chi connectivity index (χ3v) is 2.85. The van der Waals surface area contributed by atoms with E-state index in [2.05, 4.69) is 10.3 Å². The second-order valence-corrected chi connectivity index (χ2v) is 5.81. The lowest BCUT2D eigenvalue weighted by Crippen LogP contribution is -2.24. The lowest BCUT2D eigenvalue weighted by atomic mass is 9.98. The molecule has 22 heavy (non-hydrogen) atoms. The van der Waals surface area contributed by atoms with Crippen LogP contribution in [0.5, 0.6) is 0 Å². The van der Waals surface area contributed by atoms with Crippen LogP contribution >= 0.6 is 0 Å². The molecule has 1 heterocycles. The average molecular weight is 310 g/mol. The number of nitrogen functional groups attached to an aromatic ring is 1. The summed E-state index contributed by atoms with van der Waals surface area (Å²) in [5.74, 6) is -2.14. The molecular weight excluding hydrogens is 294 g/mol. The number of anilines is 1. The van der Waals surface area contributed by atoms with Gasteiger partial charge in [0.1, 0.15) is 23.0 Å². The van der Waals surface area contributed by atoms with Gasteiger partial charge in [0.2, 0.25) is 0 Å². The van der Waals surface area contributed by atoms with Gasteiger partial charge in [0.05, 0.1) is 11.6 Å². The Bertz CT molecular complexity index is 684. The second-order valence-electron chi connectivity index (χ2n) is 5.81. The summed E-state index contributed by atoms with van der Waals surface area (Å²) >= 11 is 0. The second kappa shape index (κ2) is 5.70. The molecular formula is C14H16F2N4O2. The molecule has 0 aliphatic heterocycles. The molecule has 0 radical (unpaired) electrons. The quantitative estimate of drug-likeness (QED) is 0.695. The number of hydrogen-bond donors (Lipinski definition) is 1. The minimum Gasteiger partial charge on any atom is -0.442 e. The first kappa shape index (κ1) is 15.9. The third-order valence-electron chi connectivity index (χ3n) is 2.85. The van der Waals surface area contributed by atoms with Crippen LogP contribution in [0.2, 0.25) is 0 Å². The number of aromatic nitrogens is 3. The first-order chi connectivity index (χ1) is 10.2. The predicted molar refractivity (Wildman–Crippen MR) is 75.3 cm³/mol. The van der Waals surface area contributed by atoms with Crippen LogP contribution in [0.25, 0.3) is 11.3 Å². The van der Waals surface area contributed by atoms with Gasteiger partial charge in [-0.25, -0.2) is 13.5 Å². The summed E-state index contributed by atoms with van der Waals surface area (Å²) in [6.07, 6.45) is 1.42. The lowest BCUT2D eigenvalue weighted by Gasteiger charge is -2.15. The summed E-state index contributed by atoms with van der Waals surface area (Å²) in [5, 5.41) is 7.53. The van der Waals surface area contributed by atoms with E-state index in [0.29, 0.717) is 0 Å². The normalized spacial score (nSPS) is 11.5. The predicted octanol–water partition coefficient (Wildman–Crippen LogP) is 2.35. The number of halogens is 2. The summed E-state index contributed by atoms with van der Waals surface area (Å²) in [6.45, 7) is 5.04. The molecule has 2 aromatic rings. The highest BCUT2D eigenvalue weighted by Crippen LogP contribution is 2.24. The van der Waals surface area contributed by atoms with Crippen molar-refractivity contribution in [2.24, 2.45) is 5.41 Å². The summed E-state index contributed by atoms with van der Waals surface area (Å²) < 4.78 is 33.2. The van der Waals surface area contributed by atoms with Gasteiger partial charge in [-0.3, -0.25) is 4.79 Å². The van der Waals surface area contributed by atoms with E-state index < -0.39 is 28.7 Å². The molecule has 2 rings (SSSR count). The molecule has 0 fully saturated rings. The van der Waals surface area contributed by atoms with Crippen molar-refractivity contribution in [3.05, 3.63) is 30.0 Å². The Balaban J connectivity index is 2.14. The highest BCUT2D eigenvalue weighted by atomic mass is 19.1. The van der Waals surface area contributed by atoms with E-state index in [1.807, 2.05) is 0 Å². The molecule has 0 unspecified atom stereocenters. The van der Waals surface area contributed by atoms with Gasteiger partial charge < -0.3 is 10.5 Å². The van der Waals surface area contributed by atoms with Gasteiger partial charge in [-0.05, 0) is 32.9 Å². The molecule has 0 saturated carbocycles. The fourth-order valence-electron chi connectivity index (χ4n) is 1.57. The topological polar surface area (TPSA) is 83.0 Å². The Morgan fingerprint density at radius 1 is 1.32 bits per heavy atom. The van der Waals surface area contributed by atoms with Crippen LogP contribution < -0.4 is 5.73 Å². The molecule has 0 amide bonds. The molecule has 0 aliphatic rings. The summed E-state index contributed by atoms with van der Waals surface area (Å²) in [7, 11) is 0. The highest BCUT2D eigenvalue weighted by molar-refractivity contribution is 5.75. The van der Waals surface area contributed by atoms with E-state index in [-0.39, 0.29) is 18.0 Å². The van der Waals surface area contributed by atoms with Gasteiger partial charge in [-0.1, -0.05) is 5.21 Å². The van der Waals surface area contributed by atoms with Gasteiger partial charge in [-0.2, -0.15) is 0 Å². The van der Waals surface area contributed by atoms with Crippen molar-refractivity contribution in [3.63, 3.8) is 0 Å². The van der Waals surface area contributed by atoms with Crippen LogP contribution in [-0.2, 0) is 16.3 Å². The van der Waals surface area contributed by atoms with Crippen molar-refractivity contribution < 1.29 is 18.3 Å². The van der Waals surface area contributed by atoms with Crippen molar-refractivity contribution in [3.8, 4) is 11.3 Å². The standard InChI is InChI=1S/C14H16F2N4O2/c1-14(2,3)13(21)22-7-20-6-11(18-19-20)8-4-9(15)12(17)10(16)5-8/h4-6H,7,17H2,1-3H3. The maximum Gasteiger partial charge on any atom is 0.313 e.